The van der Waals surface area contributed by atoms with Crippen LogP contribution in [0.4, 0.5) is 14.6 Å². The van der Waals surface area contributed by atoms with Crippen LogP contribution in [0, 0.1) is 11.6 Å². The van der Waals surface area contributed by atoms with Gasteiger partial charge in [-0.1, -0.05) is 0 Å². The van der Waals surface area contributed by atoms with Gasteiger partial charge in [0.25, 0.3) is 5.91 Å². The van der Waals surface area contributed by atoms with Gasteiger partial charge >= 0.3 is 0 Å². The molecule has 4 rings (SSSR count). The van der Waals surface area contributed by atoms with Crippen LogP contribution in [0.2, 0.25) is 0 Å². The maximum atomic E-state index is 13.5. The molecule has 10 heteroatoms. The molecule has 1 aliphatic rings. The van der Waals surface area contributed by atoms with Crippen LogP contribution in [0.1, 0.15) is 30.0 Å². The van der Waals surface area contributed by atoms with E-state index in [1.54, 1.807) is 18.2 Å². The molecule has 3 N–H and O–H groups in total. The highest BCUT2D eigenvalue weighted by atomic mass is 19.2. The maximum Gasteiger partial charge on any atom is 0.256 e. The van der Waals surface area contributed by atoms with E-state index in [0.29, 0.717) is 17.9 Å². The fraction of sp³-hybridized carbons (Fsp3) is 0.211. The molecule has 2 amide bonds. The standard InChI is InChI=1S/C19H17F2N5O3/c1-10-7-17(27)24-19(22-10)26-16(9-14(25-26)15-3-2-6-29-15)23-18(28)11-4-5-12(20)13(21)8-11/h2-6,8-10,19,22H,7H2,1H3,(H,23,28)(H,24,27). The van der Waals surface area contributed by atoms with Crippen LogP contribution in [0.25, 0.3) is 11.5 Å². The van der Waals surface area contributed by atoms with E-state index in [1.807, 2.05) is 6.92 Å². The van der Waals surface area contributed by atoms with Crippen molar-refractivity contribution in [3.05, 3.63) is 59.9 Å². The first-order valence-electron chi connectivity index (χ1n) is 8.86. The molecule has 0 spiro atoms. The second kappa shape index (κ2) is 7.47. The molecule has 0 saturated carbocycles. The molecule has 1 aromatic carbocycles. The van der Waals surface area contributed by atoms with Gasteiger partial charge in [-0.3, -0.25) is 14.9 Å². The van der Waals surface area contributed by atoms with E-state index in [-0.39, 0.29) is 23.3 Å². The summed E-state index contributed by atoms with van der Waals surface area (Å²) >= 11 is 0. The lowest BCUT2D eigenvalue weighted by Gasteiger charge is -2.30. The Balaban J connectivity index is 1.68. The lowest BCUT2D eigenvalue weighted by molar-refractivity contribution is -0.125. The molecule has 3 heterocycles. The first kappa shape index (κ1) is 18.8. The molecule has 1 aliphatic heterocycles. The molecule has 29 heavy (non-hydrogen) atoms. The molecule has 2 aromatic heterocycles. The Hall–Kier alpha value is -3.53. The second-order valence-corrected chi connectivity index (χ2v) is 6.66. The van der Waals surface area contributed by atoms with Crippen molar-refractivity contribution in [2.75, 3.05) is 5.32 Å². The largest absolute Gasteiger partial charge is 0.463 e. The van der Waals surface area contributed by atoms with Crippen molar-refractivity contribution in [2.45, 2.75) is 25.7 Å². The minimum absolute atomic E-state index is 0.0646. The zero-order valence-electron chi connectivity index (χ0n) is 15.3. The Labute approximate surface area is 163 Å². The quantitative estimate of drug-likeness (QED) is 0.624. The van der Waals surface area contributed by atoms with Gasteiger partial charge in [0.15, 0.2) is 23.7 Å². The minimum atomic E-state index is -1.13. The molecule has 150 valence electrons. The predicted molar refractivity (Wildman–Crippen MR) is 98.6 cm³/mol. The third-order valence-electron chi connectivity index (χ3n) is 4.41. The molecular formula is C19H17F2N5O3. The monoisotopic (exact) mass is 401 g/mol. The number of aromatic nitrogens is 2. The summed E-state index contributed by atoms with van der Waals surface area (Å²) in [5.74, 6) is -2.31. The number of furan rings is 1. The highest BCUT2D eigenvalue weighted by Gasteiger charge is 2.28. The molecule has 1 saturated heterocycles. The van der Waals surface area contributed by atoms with Crippen LogP contribution < -0.4 is 16.0 Å². The zero-order chi connectivity index (χ0) is 20.5. The van der Waals surface area contributed by atoms with Gasteiger partial charge in [0.1, 0.15) is 11.5 Å². The van der Waals surface area contributed by atoms with E-state index in [2.05, 4.69) is 21.0 Å². The molecule has 0 aliphatic carbocycles. The Bertz CT molecular complexity index is 1060. The lowest BCUT2D eigenvalue weighted by atomic mass is 10.2. The van der Waals surface area contributed by atoms with E-state index in [9.17, 15) is 18.4 Å². The van der Waals surface area contributed by atoms with Gasteiger partial charge < -0.3 is 15.1 Å². The summed E-state index contributed by atoms with van der Waals surface area (Å²) < 4.78 is 33.4. The number of hydrogen-bond acceptors (Lipinski definition) is 5. The Kier molecular flexibility index (Phi) is 4.85. The first-order chi connectivity index (χ1) is 13.9. The second-order valence-electron chi connectivity index (χ2n) is 6.66. The van der Waals surface area contributed by atoms with Gasteiger partial charge in [0.05, 0.1) is 6.26 Å². The number of amides is 2. The summed E-state index contributed by atoms with van der Waals surface area (Å²) in [5.41, 5.74) is 0.357. The van der Waals surface area contributed by atoms with Gasteiger partial charge in [-0.05, 0) is 37.3 Å². The highest BCUT2D eigenvalue weighted by Crippen LogP contribution is 2.25. The Morgan fingerprint density at radius 2 is 2.10 bits per heavy atom. The van der Waals surface area contributed by atoms with Gasteiger partial charge in [0.2, 0.25) is 5.91 Å². The lowest BCUT2D eigenvalue weighted by Crippen LogP contribution is -2.52. The average Bonchev–Trinajstić information content (AvgIpc) is 3.33. The summed E-state index contributed by atoms with van der Waals surface area (Å²) in [7, 11) is 0. The number of hydrogen-bond donors (Lipinski definition) is 3. The van der Waals surface area contributed by atoms with Crippen molar-refractivity contribution in [3.63, 3.8) is 0 Å². The molecule has 2 atom stereocenters. The predicted octanol–water partition coefficient (Wildman–Crippen LogP) is 2.63. The Morgan fingerprint density at radius 1 is 1.28 bits per heavy atom. The van der Waals surface area contributed by atoms with E-state index in [4.69, 9.17) is 4.42 Å². The van der Waals surface area contributed by atoms with E-state index in [1.165, 1.54) is 17.0 Å². The number of anilines is 1. The summed E-state index contributed by atoms with van der Waals surface area (Å²) in [5, 5.41) is 13.0. The third-order valence-corrected chi connectivity index (χ3v) is 4.41. The Morgan fingerprint density at radius 3 is 2.79 bits per heavy atom. The summed E-state index contributed by atoms with van der Waals surface area (Å²) in [6.07, 6.45) is 1.07. The minimum Gasteiger partial charge on any atom is -0.463 e. The van der Waals surface area contributed by atoms with Crippen LogP contribution >= 0.6 is 0 Å². The zero-order valence-corrected chi connectivity index (χ0v) is 15.3. The van der Waals surface area contributed by atoms with E-state index >= 15 is 0 Å². The number of carbonyl (C=O) groups excluding carboxylic acids is 2. The van der Waals surface area contributed by atoms with Crippen LogP contribution in [-0.2, 0) is 4.79 Å². The van der Waals surface area contributed by atoms with Gasteiger partial charge in [-0.2, -0.15) is 5.10 Å². The number of carbonyl (C=O) groups is 2. The van der Waals surface area contributed by atoms with Gasteiger partial charge in [-0.15, -0.1) is 0 Å². The summed E-state index contributed by atoms with van der Waals surface area (Å²) in [4.78, 5) is 24.5. The average molecular weight is 401 g/mol. The van der Waals surface area contributed by atoms with Crippen molar-refractivity contribution in [2.24, 2.45) is 0 Å². The van der Waals surface area contributed by atoms with Gasteiger partial charge in [-0.25, -0.2) is 13.5 Å². The topological polar surface area (TPSA) is 101 Å². The van der Waals surface area contributed by atoms with Crippen molar-refractivity contribution in [1.29, 1.82) is 0 Å². The molecule has 2 unspecified atom stereocenters. The van der Waals surface area contributed by atoms with Crippen LogP contribution in [0.15, 0.2) is 47.1 Å². The number of nitrogens with one attached hydrogen (secondary N) is 3. The van der Waals surface area contributed by atoms with E-state index < -0.39 is 23.8 Å². The molecule has 3 aromatic rings. The number of rotatable bonds is 4. The highest BCUT2D eigenvalue weighted by molar-refractivity contribution is 6.04. The maximum absolute atomic E-state index is 13.5. The SMILES string of the molecule is CC1CC(=O)NC(n2nc(-c3ccco3)cc2NC(=O)c2ccc(F)c(F)c2)N1. The molecule has 0 radical (unpaired) electrons. The number of nitrogens with zero attached hydrogens (tertiary/aromatic N) is 2. The smallest absolute Gasteiger partial charge is 0.256 e. The van der Waals surface area contributed by atoms with E-state index in [0.717, 1.165) is 12.1 Å². The first-order valence-corrected chi connectivity index (χ1v) is 8.86. The van der Waals surface area contributed by atoms with Gasteiger partial charge in [0, 0.05) is 24.1 Å². The van der Waals surface area contributed by atoms with Crippen LogP contribution in [-0.4, -0.2) is 27.6 Å². The fourth-order valence-electron chi connectivity index (χ4n) is 3.05. The fourth-order valence-corrected chi connectivity index (χ4v) is 3.05. The summed E-state index contributed by atoms with van der Waals surface area (Å²) in [6.45, 7) is 1.85. The van der Waals surface area contributed by atoms with Crippen LogP contribution in [0.3, 0.4) is 0 Å². The number of benzene rings is 1. The molecule has 8 nitrogen and oxygen atoms in total. The van der Waals surface area contributed by atoms with Crippen LogP contribution in [0.5, 0.6) is 0 Å². The van der Waals surface area contributed by atoms with Crippen molar-refractivity contribution >= 4 is 17.6 Å². The summed E-state index contributed by atoms with van der Waals surface area (Å²) in [6, 6.07) is 7.69. The molecule has 1 fully saturated rings. The van der Waals surface area contributed by atoms with Crippen molar-refractivity contribution in [3.8, 4) is 11.5 Å². The normalized spacial score (nSPS) is 19.1. The molecular weight excluding hydrogens is 384 g/mol. The number of halogens is 2. The van der Waals surface area contributed by atoms with Crippen molar-refractivity contribution < 1.29 is 22.8 Å². The van der Waals surface area contributed by atoms with Crippen molar-refractivity contribution in [1.82, 2.24) is 20.4 Å². The molecule has 0 bridgehead atoms. The third kappa shape index (κ3) is 3.87.